The molecule has 0 aromatic rings. The highest BCUT2D eigenvalue weighted by atomic mass is 16.5. The third-order valence-electron chi connectivity index (χ3n) is 4.16. The minimum Gasteiger partial charge on any atom is -0.381 e. The number of hydrogen-bond donors (Lipinski definition) is 2. The quantitative estimate of drug-likeness (QED) is 0.606. The molecule has 0 aromatic carbocycles. The number of nitrogens with one attached hydrogen (secondary N) is 2. The SMILES string of the molecule is CCCCOCCCNC(=O)C1(CCC)CCNCC1. The molecule has 20 heavy (non-hydrogen) atoms. The Bertz CT molecular complexity index is 258. The molecule has 1 fully saturated rings. The summed E-state index contributed by atoms with van der Waals surface area (Å²) >= 11 is 0. The summed E-state index contributed by atoms with van der Waals surface area (Å²) in [7, 11) is 0. The van der Waals surface area contributed by atoms with Crippen LogP contribution in [-0.4, -0.2) is 38.8 Å². The van der Waals surface area contributed by atoms with Gasteiger partial charge in [-0.2, -0.15) is 0 Å². The van der Waals surface area contributed by atoms with E-state index in [0.29, 0.717) is 0 Å². The van der Waals surface area contributed by atoms with Crippen LogP contribution in [-0.2, 0) is 9.53 Å². The molecular formula is C16H32N2O2. The van der Waals surface area contributed by atoms with Gasteiger partial charge < -0.3 is 15.4 Å². The zero-order chi connectivity index (χ0) is 14.7. The molecule has 0 unspecified atom stereocenters. The van der Waals surface area contributed by atoms with Crippen molar-refractivity contribution in [3.8, 4) is 0 Å². The van der Waals surface area contributed by atoms with Gasteiger partial charge >= 0.3 is 0 Å². The highest BCUT2D eigenvalue weighted by Crippen LogP contribution is 2.34. The summed E-state index contributed by atoms with van der Waals surface area (Å²) in [6.45, 7) is 8.60. The maximum Gasteiger partial charge on any atom is 0.226 e. The lowest BCUT2D eigenvalue weighted by atomic mass is 9.74. The summed E-state index contributed by atoms with van der Waals surface area (Å²) < 4.78 is 5.51. The van der Waals surface area contributed by atoms with Crippen molar-refractivity contribution < 1.29 is 9.53 Å². The van der Waals surface area contributed by atoms with Crippen molar-refractivity contribution in [3.05, 3.63) is 0 Å². The summed E-state index contributed by atoms with van der Waals surface area (Å²) in [5, 5.41) is 6.47. The Morgan fingerprint density at radius 1 is 1.15 bits per heavy atom. The molecule has 4 heteroatoms. The fraction of sp³-hybridized carbons (Fsp3) is 0.938. The van der Waals surface area contributed by atoms with Gasteiger partial charge in [0.1, 0.15) is 0 Å². The van der Waals surface area contributed by atoms with E-state index in [-0.39, 0.29) is 11.3 Å². The van der Waals surface area contributed by atoms with E-state index in [2.05, 4.69) is 24.5 Å². The van der Waals surface area contributed by atoms with Gasteiger partial charge in [-0.05, 0) is 45.2 Å². The first-order valence-corrected chi connectivity index (χ1v) is 8.32. The minimum absolute atomic E-state index is 0.122. The zero-order valence-electron chi connectivity index (χ0n) is 13.3. The Balaban J connectivity index is 2.21. The molecule has 0 radical (unpaired) electrons. The average Bonchev–Trinajstić information content (AvgIpc) is 2.47. The van der Waals surface area contributed by atoms with Crippen LogP contribution < -0.4 is 10.6 Å². The zero-order valence-corrected chi connectivity index (χ0v) is 13.3. The van der Waals surface area contributed by atoms with E-state index in [4.69, 9.17) is 4.74 Å². The van der Waals surface area contributed by atoms with Crippen LogP contribution in [0, 0.1) is 5.41 Å². The van der Waals surface area contributed by atoms with Gasteiger partial charge in [0.2, 0.25) is 5.91 Å². The topological polar surface area (TPSA) is 50.4 Å². The van der Waals surface area contributed by atoms with E-state index in [1.165, 1.54) is 6.42 Å². The van der Waals surface area contributed by atoms with Crippen molar-refractivity contribution in [3.63, 3.8) is 0 Å². The average molecular weight is 284 g/mol. The van der Waals surface area contributed by atoms with E-state index in [1.807, 2.05) is 0 Å². The summed E-state index contributed by atoms with van der Waals surface area (Å²) in [5.41, 5.74) is -0.122. The van der Waals surface area contributed by atoms with Crippen molar-refractivity contribution >= 4 is 5.91 Å². The Hall–Kier alpha value is -0.610. The summed E-state index contributed by atoms with van der Waals surface area (Å²) in [6.07, 6.45) is 7.24. The number of rotatable bonds is 10. The van der Waals surface area contributed by atoms with Crippen LogP contribution in [0.3, 0.4) is 0 Å². The lowest BCUT2D eigenvalue weighted by Crippen LogP contribution is -2.47. The molecule has 4 nitrogen and oxygen atoms in total. The smallest absolute Gasteiger partial charge is 0.226 e. The maximum atomic E-state index is 12.5. The van der Waals surface area contributed by atoms with Gasteiger partial charge in [0.25, 0.3) is 0 Å². The van der Waals surface area contributed by atoms with Crippen LogP contribution in [0.1, 0.15) is 58.8 Å². The van der Waals surface area contributed by atoms with Crippen LogP contribution in [0.2, 0.25) is 0 Å². The Morgan fingerprint density at radius 3 is 2.50 bits per heavy atom. The molecular weight excluding hydrogens is 252 g/mol. The molecule has 0 atom stereocenters. The number of piperidine rings is 1. The molecule has 0 bridgehead atoms. The molecule has 118 valence electrons. The number of carbonyl (C=O) groups is 1. The number of amides is 1. The van der Waals surface area contributed by atoms with Gasteiger partial charge in [-0.1, -0.05) is 26.7 Å². The van der Waals surface area contributed by atoms with Crippen LogP contribution in [0.15, 0.2) is 0 Å². The van der Waals surface area contributed by atoms with Gasteiger partial charge in [-0.3, -0.25) is 4.79 Å². The van der Waals surface area contributed by atoms with Crippen LogP contribution in [0.4, 0.5) is 0 Å². The first kappa shape index (κ1) is 17.4. The highest BCUT2D eigenvalue weighted by molar-refractivity contribution is 5.82. The first-order valence-electron chi connectivity index (χ1n) is 8.32. The largest absolute Gasteiger partial charge is 0.381 e. The molecule has 0 spiro atoms. The van der Waals surface area contributed by atoms with Gasteiger partial charge in [0.05, 0.1) is 5.41 Å². The number of ether oxygens (including phenoxy) is 1. The molecule has 1 amide bonds. The second-order valence-electron chi connectivity index (χ2n) is 5.86. The third kappa shape index (κ3) is 5.80. The lowest BCUT2D eigenvalue weighted by Gasteiger charge is -2.36. The normalized spacial score (nSPS) is 17.9. The van der Waals surface area contributed by atoms with Gasteiger partial charge in [-0.25, -0.2) is 0 Å². The predicted molar refractivity (Wildman–Crippen MR) is 82.8 cm³/mol. The maximum absolute atomic E-state index is 12.5. The van der Waals surface area contributed by atoms with E-state index in [9.17, 15) is 4.79 Å². The predicted octanol–water partition coefficient (Wildman–Crippen LogP) is 2.48. The monoisotopic (exact) mass is 284 g/mol. The van der Waals surface area contributed by atoms with Gasteiger partial charge in [0.15, 0.2) is 0 Å². The Morgan fingerprint density at radius 2 is 1.85 bits per heavy atom. The van der Waals surface area contributed by atoms with Gasteiger partial charge in [0, 0.05) is 19.8 Å². The second-order valence-corrected chi connectivity index (χ2v) is 5.86. The lowest BCUT2D eigenvalue weighted by molar-refractivity contribution is -0.133. The van der Waals surface area contributed by atoms with Crippen molar-refractivity contribution in [2.45, 2.75) is 58.8 Å². The standard InChI is InChI=1S/C16H32N2O2/c1-3-5-13-20-14-6-10-18-15(19)16(7-4-2)8-11-17-12-9-16/h17H,3-14H2,1-2H3,(H,18,19). The highest BCUT2D eigenvalue weighted by Gasteiger charge is 2.38. The molecule has 1 rings (SSSR count). The molecule has 1 aliphatic rings. The van der Waals surface area contributed by atoms with Crippen LogP contribution in [0.5, 0.6) is 0 Å². The second kappa shape index (κ2) is 10.2. The fourth-order valence-electron chi connectivity index (χ4n) is 2.89. The molecule has 0 aliphatic carbocycles. The van der Waals surface area contributed by atoms with E-state index >= 15 is 0 Å². The molecule has 1 heterocycles. The Kier molecular flexibility index (Phi) is 8.86. The molecule has 2 N–H and O–H groups in total. The van der Waals surface area contributed by atoms with E-state index < -0.39 is 0 Å². The van der Waals surface area contributed by atoms with Crippen molar-refractivity contribution in [1.29, 1.82) is 0 Å². The molecule has 0 saturated carbocycles. The van der Waals surface area contributed by atoms with Crippen molar-refractivity contribution in [2.75, 3.05) is 32.8 Å². The first-order chi connectivity index (χ1) is 9.75. The molecule has 0 aromatic heterocycles. The Labute approximate surface area is 124 Å². The molecule has 1 saturated heterocycles. The third-order valence-corrected chi connectivity index (χ3v) is 4.16. The summed E-state index contributed by atoms with van der Waals surface area (Å²) in [6, 6.07) is 0. The number of unbranched alkanes of at least 4 members (excludes halogenated alkanes) is 1. The minimum atomic E-state index is -0.122. The van der Waals surface area contributed by atoms with E-state index in [0.717, 1.165) is 71.4 Å². The van der Waals surface area contributed by atoms with E-state index in [1.54, 1.807) is 0 Å². The fourth-order valence-corrected chi connectivity index (χ4v) is 2.89. The number of hydrogen-bond acceptors (Lipinski definition) is 3. The van der Waals surface area contributed by atoms with Crippen LogP contribution >= 0.6 is 0 Å². The van der Waals surface area contributed by atoms with Crippen molar-refractivity contribution in [2.24, 2.45) is 5.41 Å². The van der Waals surface area contributed by atoms with Crippen LogP contribution in [0.25, 0.3) is 0 Å². The summed E-state index contributed by atoms with van der Waals surface area (Å²) in [4.78, 5) is 12.5. The van der Waals surface area contributed by atoms with Gasteiger partial charge in [-0.15, -0.1) is 0 Å². The summed E-state index contributed by atoms with van der Waals surface area (Å²) in [5.74, 6) is 0.259. The van der Waals surface area contributed by atoms with Crippen molar-refractivity contribution in [1.82, 2.24) is 10.6 Å². The molecule has 1 aliphatic heterocycles. The number of carbonyl (C=O) groups excluding carboxylic acids is 1.